The van der Waals surface area contributed by atoms with Gasteiger partial charge in [0.15, 0.2) is 0 Å². The van der Waals surface area contributed by atoms with Crippen LogP contribution in [0, 0.1) is 11.6 Å². The zero-order valence-corrected chi connectivity index (χ0v) is 16.3. The van der Waals surface area contributed by atoms with Gasteiger partial charge in [0.25, 0.3) is 0 Å². The highest BCUT2D eigenvalue weighted by Gasteiger charge is 2.54. The summed E-state index contributed by atoms with van der Waals surface area (Å²) in [7, 11) is 1.32. The predicted octanol–water partition coefficient (Wildman–Crippen LogP) is 3.44. The number of piperidine rings is 1. The lowest BCUT2D eigenvalue weighted by atomic mass is 9.85. The van der Waals surface area contributed by atoms with Gasteiger partial charge < -0.3 is 9.64 Å². The monoisotopic (exact) mass is 406 g/mol. The number of urea groups is 1. The summed E-state index contributed by atoms with van der Waals surface area (Å²) >= 11 is 0. The SMILES string of the molecule is COC(=O)N1CCC2(CC1)C(=NC1CCCC1)NC(=O)N2c1cc(F)cc(F)c1. The van der Waals surface area contributed by atoms with E-state index in [9.17, 15) is 18.4 Å². The summed E-state index contributed by atoms with van der Waals surface area (Å²) in [6, 6.07) is 2.74. The highest BCUT2D eigenvalue weighted by atomic mass is 19.1. The number of rotatable bonds is 2. The molecular formula is C20H24F2N4O3. The molecule has 2 heterocycles. The maximum Gasteiger partial charge on any atom is 0.409 e. The van der Waals surface area contributed by atoms with Crippen LogP contribution in [-0.2, 0) is 4.74 Å². The summed E-state index contributed by atoms with van der Waals surface area (Å²) in [4.78, 5) is 32.6. The molecule has 2 aliphatic heterocycles. The first-order chi connectivity index (χ1) is 13.9. The molecule has 2 saturated heterocycles. The summed E-state index contributed by atoms with van der Waals surface area (Å²) in [5, 5.41) is 2.84. The molecule has 1 N–H and O–H groups in total. The summed E-state index contributed by atoms with van der Waals surface area (Å²) < 4.78 is 32.6. The number of benzene rings is 1. The Labute approximate surface area is 167 Å². The predicted molar refractivity (Wildman–Crippen MR) is 103 cm³/mol. The van der Waals surface area contributed by atoms with Gasteiger partial charge in [-0.15, -0.1) is 0 Å². The first-order valence-electron chi connectivity index (χ1n) is 9.91. The van der Waals surface area contributed by atoms with Crippen LogP contribution < -0.4 is 10.2 Å². The van der Waals surface area contributed by atoms with Crippen LogP contribution in [0.25, 0.3) is 0 Å². The van der Waals surface area contributed by atoms with Gasteiger partial charge in [-0.1, -0.05) is 12.8 Å². The zero-order chi connectivity index (χ0) is 20.6. The van der Waals surface area contributed by atoms with E-state index in [0.29, 0.717) is 31.8 Å². The van der Waals surface area contributed by atoms with Gasteiger partial charge in [-0.05, 0) is 37.8 Å². The Bertz CT molecular complexity index is 826. The number of hydrogen-bond donors (Lipinski definition) is 1. The van der Waals surface area contributed by atoms with Crippen LogP contribution in [0.5, 0.6) is 0 Å². The number of amidine groups is 1. The van der Waals surface area contributed by atoms with Crippen LogP contribution >= 0.6 is 0 Å². The molecule has 1 saturated carbocycles. The van der Waals surface area contributed by atoms with Crippen LogP contribution in [0.3, 0.4) is 0 Å². The van der Waals surface area contributed by atoms with Crippen molar-refractivity contribution in [1.82, 2.24) is 10.2 Å². The molecule has 0 atom stereocenters. The molecule has 1 aromatic carbocycles. The Hall–Kier alpha value is -2.71. The van der Waals surface area contributed by atoms with Crippen molar-refractivity contribution in [3.8, 4) is 0 Å². The average molecular weight is 406 g/mol. The highest BCUT2D eigenvalue weighted by molar-refractivity contribution is 6.19. The lowest BCUT2D eigenvalue weighted by Crippen LogP contribution is -2.58. The number of nitrogens with zero attached hydrogens (tertiary/aromatic N) is 3. The van der Waals surface area contributed by atoms with Gasteiger partial charge in [-0.3, -0.25) is 15.2 Å². The number of anilines is 1. The topological polar surface area (TPSA) is 74.2 Å². The molecule has 0 aromatic heterocycles. The van der Waals surface area contributed by atoms with Crippen molar-refractivity contribution in [2.75, 3.05) is 25.1 Å². The Kier molecular flexibility index (Phi) is 5.14. The molecule has 1 aliphatic carbocycles. The molecule has 0 unspecified atom stereocenters. The summed E-state index contributed by atoms with van der Waals surface area (Å²) in [5.74, 6) is -0.976. The minimum atomic E-state index is -0.871. The normalized spacial score (nSPS) is 23.1. The fourth-order valence-electron chi connectivity index (χ4n) is 4.62. The van der Waals surface area contributed by atoms with Gasteiger partial charge in [0, 0.05) is 19.2 Å². The molecule has 29 heavy (non-hydrogen) atoms. The molecule has 7 nitrogen and oxygen atoms in total. The molecule has 9 heteroatoms. The molecule has 3 aliphatic rings. The second-order valence-electron chi connectivity index (χ2n) is 7.80. The molecule has 1 aromatic rings. The maximum atomic E-state index is 13.9. The van der Waals surface area contributed by atoms with Gasteiger partial charge in [0.05, 0.1) is 18.8 Å². The van der Waals surface area contributed by atoms with Gasteiger partial charge in [0.1, 0.15) is 23.0 Å². The van der Waals surface area contributed by atoms with Crippen molar-refractivity contribution in [2.45, 2.75) is 50.1 Å². The van der Waals surface area contributed by atoms with E-state index in [1.165, 1.54) is 12.0 Å². The number of ether oxygens (including phenoxy) is 1. The van der Waals surface area contributed by atoms with Crippen molar-refractivity contribution >= 4 is 23.6 Å². The van der Waals surface area contributed by atoms with Gasteiger partial charge in [-0.25, -0.2) is 18.4 Å². The molecule has 3 fully saturated rings. The van der Waals surface area contributed by atoms with Crippen LogP contribution in [0.1, 0.15) is 38.5 Å². The molecule has 3 amide bonds. The molecule has 0 radical (unpaired) electrons. The van der Waals surface area contributed by atoms with Crippen molar-refractivity contribution in [3.05, 3.63) is 29.8 Å². The van der Waals surface area contributed by atoms with E-state index in [1.807, 2.05) is 0 Å². The number of methoxy groups -OCH3 is 1. The highest BCUT2D eigenvalue weighted by Crippen LogP contribution is 2.39. The number of likely N-dealkylation sites (tertiary alicyclic amines) is 1. The smallest absolute Gasteiger partial charge is 0.409 e. The van der Waals surface area contributed by atoms with Crippen molar-refractivity contribution in [1.29, 1.82) is 0 Å². The van der Waals surface area contributed by atoms with Crippen LogP contribution in [0.4, 0.5) is 24.1 Å². The van der Waals surface area contributed by atoms with E-state index in [-0.39, 0.29) is 11.7 Å². The van der Waals surface area contributed by atoms with Crippen molar-refractivity contribution < 1.29 is 23.1 Å². The molecule has 1 spiro atoms. The summed E-state index contributed by atoms with van der Waals surface area (Å²) in [6.45, 7) is 0.694. The number of carbonyl (C=O) groups is 2. The largest absolute Gasteiger partial charge is 0.453 e. The minimum Gasteiger partial charge on any atom is -0.453 e. The first kappa shape index (κ1) is 19.6. The molecular weight excluding hydrogens is 382 g/mol. The number of halogens is 2. The lowest BCUT2D eigenvalue weighted by Gasteiger charge is -2.43. The Morgan fingerprint density at radius 3 is 2.38 bits per heavy atom. The molecule has 0 bridgehead atoms. The second kappa shape index (κ2) is 7.61. The number of nitrogens with one attached hydrogen (secondary N) is 1. The van der Waals surface area contributed by atoms with Gasteiger partial charge in [-0.2, -0.15) is 0 Å². The summed E-state index contributed by atoms with van der Waals surface area (Å²) in [6.07, 6.45) is 4.45. The number of hydrogen-bond acceptors (Lipinski definition) is 4. The standard InChI is InChI=1S/C20H24F2N4O3/c1-29-19(28)25-8-6-20(7-9-25)17(23-15-4-2-3-5-15)24-18(27)26(20)16-11-13(21)10-14(22)12-16/h10-12,15H,2-9H2,1H3,(H,23,24,27). The van der Waals surface area contributed by atoms with Gasteiger partial charge >= 0.3 is 12.1 Å². The minimum absolute atomic E-state index is 0.130. The Morgan fingerprint density at radius 1 is 1.17 bits per heavy atom. The van der Waals surface area contributed by atoms with Crippen LogP contribution in [0.15, 0.2) is 23.2 Å². The first-order valence-corrected chi connectivity index (χ1v) is 9.91. The third-order valence-electron chi connectivity index (χ3n) is 6.06. The number of carbonyl (C=O) groups excluding carboxylic acids is 2. The third kappa shape index (κ3) is 3.54. The zero-order valence-electron chi connectivity index (χ0n) is 16.3. The number of amides is 3. The quantitative estimate of drug-likeness (QED) is 0.818. The van der Waals surface area contributed by atoms with E-state index in [0.717, 1.165) is 43.9 Å². The van der Waals surface area contributed by atoms with E-state index in [2.05, 4.69) is 5.32 Å². The third-order valence-corrected chi connectivity index (χ3v) is 6.06. The van der Waals surface area contributed by atoms with Crippen molar-refractivity contribution in [3.63, 3.8) is 0 Å². The van der Waals surface area contributed by atoms with Gasteiger partial charge in [0.2, 0.25) is 0 Å². The Morgan fingerprint density at radius 2 is 1.79 bits per heavy atom. The van der Waals surface area contributed by atoms with E-state index in [4.69, 9.17) is 9.73 Å². The molecule has 4 rings (SSSR count). The molecule has 156 valence electrons. The van der Waals surface area contributed by atoms with E-state index < -0.39 is 29.3 Å². The van der Waals surface area contributed by atoms with Crippen molar-refractivity contribution in [2.24, 2.45) is 4.99 Å². The average Bonchev–Trinajstić information content (AvgIpc) is 3.28. The summed E-state index contributed by atoms with van der Waals surface area (Å²) in [5.41, 5.74) is -0.729. The van der Waals surface area contributed by atoms with E-state index >= 15 is 0 Å². The van der Waals surface area contributed by atoms with E-state index in [1.54, 1.807) is 4.90 Å². The number of aliphatic imine (C=N–C) groups is 1. The van der Waals surface area contributed by atoms with Crippen LogP contribution in [-0.4, -0.2) is 54.6 Å². The lowest BCUT2D eigenvalue weighted by molar-refractivity contribution is 0.108. The fraction of sp³-hybridized carbons (Fsp3) is 0.550. The van der Waals surface area contributed by atoms with Crippen LogP contribution in [0.2, 0.25) is 0 Å². The fourth-order valence-corrected chi connectivity index (χ4v) is 4.62. The maximum absolute atomic E-state index is 13.9. The second-order valence-corrected chi connectivity index (χ2v) is 7.80. The Balaban J connectivity index is 1.73.